The molecule has 1 aromatic carbocycles. The van der Waals surface area contributed by atoms with Gasteiger partial charge in [-0.25, -0.2) is 0 Å². The first-order valence-corrected chi connectivity index (χ1v) is 6.22. The normalized spacial score (nSPS) is 24.5. The number of nitrogens with one attached hydrogen (secondary N) is 1. The van der Waals surface area contributed by atoms with Crippen LogP contribution in [0.15, 0.2) is 18.2 Å². The van der Waals surface area contributed by atoms with Crippen LogP contribution >= 0.6 is 0 Å². The summed E-state index contributed by atoms with van der Waals surface area (Å²) in [4.78, 5) is 0. The van der Waals surface area contributed by atoms with Crippen molar-refractivity contribution in [2.75, 3.05) is 23.3 Å². The second-order valence-electron chi connectivity index (χ2n) is 4.90. The van der Waals surface area contributed by atoms with E-state index in [9.17, 15) is 5.11 Å². The quantitative estimate of drug-likeness (QED) is 0.602. The van der Waals surface area contributed by atoms with Crippen molar-refractivity contribution in [3.8, 4) is 0 Å². The molecular formula is C13H21N3O. The van der Waals surface area contributed by atoms with E-state index in [1.54, 1.807) is 0 Å². The minimum Gasteiger partial charge on any atom is -0.397 e. The second-order valence-corrected chi connectivity index (χ2v) is 4.90. The minimum absolute atomic E-state index is 0.0848. The summed E-state index contributed by atoms with van der Waals surface area (Å²) in [6.45, 7) is 0.941. The monoisotopic (exact) mass is 235 g/mol. The Balaban J connectivity index is 1.83. The number of aliphatic hydroxyl groups is 1. The van der Waals surface area contributed by atoms with Crippen LogP contribution in [0.25, 0.3) is 0 Å². The molecule has 4 heteroatoms. The van der Waals surface area contributed by atoms with E-state index in [0.29, 0.717) is 17.3 Å². The molecule has 17 heavy (non-hydrogen) atoms. The van der Waals surface area contributed by atoms with E-state index in [4.69, 9.17) is 11.5 Å². The van der Waals surface area contributed by atoms with Crippen molar-refractivity contribution in [3.05, 3.63) is 18.2 Å². The van der Waals surface area contributed by atoms with Crippen molar-refractivity contribution in [2.24, 2.45) is 5.92 Å². The van der Waals surface area contributed by atoms with E-state index in [2.05, 4.69) is 5.32 Å². The van der Waals surface area contributed by atoms with Crippen molar-refractivity contribution in [1.29, 1.82) is 0 Å². The maximum atomic E-state index is 9.43. The van der Waals surface area contributed by atoms with Gasteiger partial charge in [0.05, 0.1) is 17.5 Å². The Kier molecular flexibility index (Phi) is 3.74. The number of hydrogen-bond acceptors (Lipinski definition) is 4. The first kappa shape index (κ1) is 12.0. The van der Waals surface area contributed by atoms with Crippen molar-refractivity contribution >= 4 is 17.1 Å². The van der Waals surface area contributed by atoms with Crippen LogP contribution in [-0.4, -0.2) is 17.8 Å². The van der Waals surface area contributed by atoms with E-state index in [-0.39, 0.29) is 6.10 Å². The van der Waals surface area contributed by atoms with Crippen molar-refractivity contribution < 1.29 is 5.11 Å². The largest absolute Gasteiger partial charge is 0.397 e. The van der Waals surface area contributed by atoms with Gasteiger partial charge in [-0.1, -0.05) is 0 Å². The summed E-state index contributed by atoms with van der Waals surface area (Å²) in [6, 6.07) is 5.64. The highest BCUT2D eigenvalue weighted by Crippen LogP contribution is 2.25. The van der Waals surface area contributed by atoms with Crippen molar-refractivity contribution in [1.82, 2.24) is 0 Å². The highest BCUT2D eigenvalue weighted by atomic mass is 16.3. The molecule has 2 rings (SSSR count). The molecule has 0 unspecified atom stereocenters. The van der Waals surface area contributed by atoms with Crippen molar-refractivity contribution in [3.63, 3.8) is 0 Å². The molecule has 0 atom stereocenters. The number of benzene rings is 1. The average molecular weight is 235 g/mol. The number of anilines is 3. The van der Waals surface area contributed by atoms with Gasteiger partial charge in [-0.15, -0.1) is 0 Å². The number of hydrogen-bond donors (Lipinski definition) is 4. The standard InChI is InChI=1S/C13H21N3O/c14-12-6-3-10(7-13(12)15)16-8-9-1-4-11(17)5-2-9/h3,6-7,9,11,16-17H,1-2,4-5,8,14-15H2. The number of aliphatic hydroxyl groups excluding tert-OH is 1. The van der Waals surface area contributed by atoms with E-state index < -0.39 is 0 Å². The van der Waals surface area contributed by atoms with E-state index in [1.807, 2.05) is 18.2 Å². The Hall–Kier alpha value is -1.42. The first-order chi connectivity index (χ1) is 8.15. The van der Waals surface area contributed by atoms with Crippen LogP contribution in [0.2, 0.25) is 0 Å². The van der Waals surface area contributed by atoms with Gasteiger partial charge in [-0.05, 0) is 49.8 Å². The van der Waals surface area contributed by atoms with Crippen molar-refractivity contribution in [2.45, 2.75) is 31.8 Å². The Labute approximate surface area is 102 Å². The topological polar surface area (TPSA) is 84.3 Å². The SMILES string of the molecule is Nc1ccc(NCC2CCC(O)CC2)cc1N. The summed E-state index contributed by atoms with van der Waals surface area (Å²) in [5.74, 6) is 0.650. The van der Waals surface area contributed by atoms with Crippen LogP contribution < -0.4 is 16.8 Å². The maximum Gasteiger partial charge on any atom is 0.0568 e. The summed E-state index contributed by atoms with van der Waals surface area (Å²) in [5, 5.41) is 12.8. The molecule has 0 saturated heterocycles. The van der Waals surface area contributed by atoms with Crippen LogP contribution in [0.3, 0.4) is 0 Å². The highest BCUT2D eigenvalue weighted by molar-refractivity contribution is 5.69. The molecule has 1 aliphatic rings. The zero-order valence-corrected chi connectivity index (χ0v) is 10.0. The molecule has 94 valence electrons. The molecule has 4 nitrogen and oxygen atoms in total. The molecule has 1 aromatic rings. The third kappa shape index (κ3) is 3.27. The van der Waals surface area contributed by atoms with Crippen LogP contribution in [0.1, 0.15) is 25.7 Å². The molecule has 1 aliphatic carbocycles. The van der Waals surface area contributed by atoms with Gasteiger partial charge >= 0.3 is 0 Å². The lowest BCUT2D eigenvalue weighted by molar-refractivity contribution is 0.111. The minimum atomic E-state index is -0.0848. The third-order valence-electron chi connectivity index (χ3n) is 3.50. The molecule has 1 fully saturated rings. The highest BCUT2D eigenvalue weighted by Gasteiger charge is 2.18. The smallest absolute Gasteiger partial charge is 0.0568 e. The lowest BCUT2D eigenvalue weighted by Crippen LogP contribution is -2.23. The Morgan fingerprint density at radius 1 is 1.12 bits per heavy atom. The zero-order valence-electron chi connectivity index (χ0n) is 10.0. The molecule has 0 radical (unpaired) electrons. The fourth-order valence-corrected chi connectivity index (χ4v) is 2.30. The molecule has 6 N–H and O–H groups in total. The van der Waals surface area contributed by atoms with Gasteiger partial charge in [0.2, 0.25) is 0 Å². The molecule has 1 saturated carbocycles. The predicted molar refractivity (Wildman–Crippen MR) is 71.7 cm³/mol. The number of nitrogen functional groups attached to an aromatic ring is 2. The molecule has 0 bridgehead atoms. The van der Waals surface area contributed by atoms with Gasteiger partial charge in [-0.3, -0.25) is 0 Å². The van der Waals surface area contributed by atoms with E-state index in [0.717, 1.165) is 37.9 Å². The van der Waals surface area contributed by atoms with E-state index in [1.165, 1.54) is 0 Å². The molecule has 0 heterocycles. The summed E-state index contributed by atoms with van der Waals surface area (Å²) in [7, 11) is 0. The molecule has 0 aliphatic heterocycles. The van der Waals surface area contributed by atoms with Crippen LogP contribution in [0, 0.1) is 5.92 Å². The summed E-state index contributed by atoms with van der Waals surface area (Å²) in [6.07, 6.45) is 3.96. The summed E-state index contributed by atoms with van der Waals surface area (Å²) < 4.78 is 0. The average Bonchev–Trinajstić information content (AvgIpc) is 2.33. The lowest BCUT2D eigenvalue weighted by Gasteiger charge is -2.25. The number of rotatable bonds is 3. The zero-order chi connectivity index (χ0) is 12.3. The lowest BCUT2D eigenvalue weighted by atomic mass is 9.87. The predicted octanol–water partition coefficient (Wildman–Crippen LogP) is 1.81. The summed E-state index contributed by atoms with van der Waals surface area (Å²) >= 11 is 0. The Bertz CT molecular complexity index is 373. The number of nitrogens with two attached hydrogens (primary N) is 2. The van der Waals surface area contributed by atoms with Gasteiger partial charge in [0.1, 0.15) is 0 Å². The summed E-state index contributed by atoms with van der Waals surface area (Å²) in [5.41, 5.74) is 13.7. The first-order valence-electron chi connectivity index (χ1n) is 6.22. The molecule has 0 spiro atoms. The maximum absolute atomic E-state index is 9.43. The fourth-order valence-electron chi connectivity index (χ4n) is 2.30. The van der Waals surface area contributed by atoms with Crippen LogP contribution in [0.4, 0.5) is 17.1 Å². The van der Waals surface area contributed by atoms with E-state index >= 15 is 0 Å². The second kappa shape index (κ2) is 5.27. The third-order valence-corrected chi connectivity index (χ3v) is 3.50. The van der Waals surface area contributed by atoms with Crippen LogP contribution in [-0.2, 0) is 0 Å². The molecule has 0 aromatic heterocycles. The Morgan fingerprint density at radius 2 is 1.82 bits per heavy atom. The fraction of sp³-hybridized carbons (Fsp3) is 0.538. The Morgan fingerprint density at radius 3 is 2.47 bits per heavy atom. The molecule has 0 amide bonds. The van der Waals surface area contributed by atoms with Gasteiger partial charge in [-0.2, -0.15) is 0 Å². The molecular weight excluding hydrogens is 214 g/mol. The van der Waals surface area contributed by atoms with Gasteiger partial charge < -0.3 is 21.9 Å². The van der Waals surface area contributed by atoms with Gasteiger partial charge in [0.25, 0.3) is 0 Å². The van der Waals surface area contributed by atoms with Gasteiger partial charge in [0, 0.05) is 12.2 Å². The van der Waals surface area contributed by atoms with Gasteiger partial charge in [0.15, 0.2) is 0 Å². The van der Waals surface area contributed by atoms with Crippen LogP contribution in [0.5, 0.6) is 0 Å².